The number of rotatable bonds is 6. The first-order valence-electron chi connectivity index (χ1n) is 10.5. The lowest BCUT2D eigenvalue weighted by atomic mass is 10.1. The molecule has 2 amide bonds. The summed E-state index contributed by atoms with van der Waals surface area (Å²) < 4.78 is 1.86. The first-order valence-corrected chi connectivity index (χ1v) is 12.2. The largest absolute Gasteiger partial charge is 0.328 e. The number of halogens is 2. The summed E-state index contributed by atoms with van der Waals surface area (Å²) in [7, 11) is 1.86. The molecule has 0 aliphatic carbocycles. The van der Waals surface area contributed by atoms with Crippen LogP contribution >= 0.6 is 35.0 Å². The van der Waals surface area contributed by atoms with Gasteiger partial charge in [0, 0.05) is 24.2 Å². The van der Waals surface area contributed by atoms with Crippen molar-refractivity contribution in [1.29, 1.82) is 0 Å². The Labute approximate surface area is 206 Å². The fraction of sp³-hybridized carbons (Fsp3) is 0.304. The zero-order valence-electron chi connectivity index (χ0n) is 18.2. The Balaban J connectivity index is 1.42. The topological polar surface area (TPSA) is 80.1 Å². The number of aryl methyl sites for hydroxylation is 1. The highest BCUT2D eigenvalue weighted by atomic mass is 35.5. The third-order valence-electron chi connectivity index (χ3n) is 5.48. The molecule has 0 spiro atoms. The van der Waals surface area contributed by atoms with Gasteiger partial charge in [-0.15, -0.1) is 10.2 Å². The van der Waals surface area contributed by atoms with E-state index in [0.29, 0.717) is 33.0 Å². The number of hydrogen-bond donors (Lipinski definition) is 1. The average Bonchev–Trinajstić information content (AvgIpc) is 3.40. The van der Waals surface area contributed by atoms with E-state index in [-0.39, 0.29) is 23.6 Å². The van der Waals surface area contributed by atoms with Crippen molar-refractivity contribution < 1.29 is 9.59 Å². The lowest BCUT2D eigenvalue weighted by Gasteiger charge is -2.24. The van der Waals surface area contributed by atoms with Crippen molar-refractivity contribution >= 4 is 52.5 Å². The summed E-state index contributed by atoms with van der Waals surface area (Å²) >= 11 is 13.3. The summed E-state index contributed by atoms with van der Waals surface area (Å²) in [6.07, 6.45) is 1.73. The number of thioether (sulfide) groups is 1. The predicted octanol–water partition coefficient (Wildman–Crippen LogP) is 5.14. The van der Waals surface area contributed by atoms with Crippen LogP contribution in [0.4, 0.5) is 5.69 Å². The lowest BCUT2D eigenvalue weighted by Crippen LogP contribution is -2.32. The molecule has 2 aromatic carbocycles. The Kier molecular flexibility index (Phi) is 7.26. The summed E-state index contributed by atoms with van der Waals surface area (Å²) in [5, 5.41) is 12.9. The van der Waals surface area contributed by atoms with Crippen molar-refractivity contribution in [3.05, 3.63) is 69.5 Å². The molecule has 0 saturated carbocycles. The van der Waals surface area contributed by atoms with Crippen LogP contribution in [0.2, 0.25) is 10.0 Å². The Morgan fingerprint density at radius 2 is 2.00 bits per heavy atom. The summed E-state index contributed by atoms with van der Waals surface area (Å²) in [4.78, 5) is 27.4. The SMILES string of the molecule is Cc1cccc(C(=O)N2CCCC2c2nnc(SCC(=O)Nc3ccc(Cl)cc3Cl)n2C)c1. The second-order valence-electron chi connectivity index (χ2n) is 7.89. The van der Waals surface area contributed by atoms with Gasteiger partial charge in [0.15, 0.2) is 11.0 Å². The molecule has 3 aromatic rings. The molecule has 1 unspecified atom stereocenters. The molecule has 172 valence electrons. The van der Waals surface area contributed by atoms with E-state index in [1.807, 2.05) is 47.7 Å². The van der Waals surface area contributed by atoms with Gasteiger partial charge in [0.05, 0.1) is 22.5 Å². The normalized spacial score (nSPS) is 15.6. The van der Waals surface area contributed by atoms with Gasteiger partial charge in [-0.3, -0.25) is 9.59 Å². The molecule has 1 saturated heterocycles. The minimum atomic E-state index is -0.217. The molecule has 1 aliphatic rings. The molecule has 0 radical (unpaired) electrons. The van der Waals surface area contributed by atoms with E-state index in [1.165, 1.54) is 11.8 Å². The first kappa shape index (κ1) is 23.6. The van der Waals surface area contributed by atoms with Crippen LogP contribution in [0.25, 0.3) is 0 Å². The number of carbonyl (C=O) groups is 2. The number of anilines is 1. The highest BCUT2D eigenvalue weighted by molar-refractivity contribution is 7.99. The van der Waals surface area contributed by atoms with Crippen molar-refractivity contribution in [3.8, 4) is 0 Å². The zero-order valence-corrected chi connectivity index (χ0v) is 20.5. The molecule has 1 fully saturated rings. The summed E-state index contributed by atoms with van der Waals surface area (Å²) in [5.74, 6) is 0.641. The fourth-order valence-electron chi connectivity index (χ4n) is 3.87. The van der Waals surface area contributed by atoms with Crippen LogP contribution in [0.1, 0.15) is 40.6 Å². The van der Waals surface area contributed by atoms with Crippen molar-refractivity contribution in [3.63, 3.8) is 0 Å². The molecule has 4 rings (SSSR count). The van der Waals surface area contributed by atoms with Crippen LogP contribution in [-0.4, -0.2) is 43.8 Å². The molecule has 1 atom stereocenters. The van der Waals surface area contributed by atoms with Crippen LogP contribution in [0, 0.1) is 6.92 Å². The Morgan fingerprint density at radius 1 is 1.18 bits per heavy atom. The Bertz CT molecular complexity index is 1200. The summed E-state index contributed by atoms with van der Waals surface area (Å²) in [6.45, 7) is 2.65. The monoisotopic (exact) mass is 503 g/mol. The minimum absolute atomic E-state index is 0.00220. The van der Waals surface area contributed by atoms with E-state index in [4.69, 9.17) is 23.2 Å². The molecule has 1 aromatic heterocycles. The van der Waals surface area contributed by atoms with Gasteiger partial charge in [0.1, 0.15) is 0 Å². The third kappa shape index (κ3) is 5.34. The molecule has 33 heavy (non-hydrogen) atoms. The highest BCUT2D eigenvalue weighted by Crippen LogP contribution is 2.33. The standard InChI is InChI=1S/C23H23Cl2N5O2S/c1-14-5-3-6-15(11-14)22(32)30-10-4-7-19(30)21-27-28-23(29(21)2)33-13-20(31)26-18-9-8-16(24)12-17(18)25/h3,5-6,8-9,11-12,19H,4,7,10,13H2,1-2H3,(H,26,31). The van der Waals surface area contributed by atoms with Crippen LogP contribution < -0.4 is 5.32 Å². The molecule has 2 heterocycles. The number of amides is 2. The Morgan fingerprint density at radius 3 is 2.76 bits per heavy atom. The van der Waals surface area contributed by atoms with Gasteiger partial charge >= 0.3 is 0 Å². The van der Waals surface area contributed by atoms with E-state index >= 15 is 0 Å². The van der Waals surface area contributed by atoms with Crippen molar-refractivity contribution in [2.24, 2.45) is 7.05 Å². The van der Waals surface area contributed by atoms with E-state index in [1.54, 1.807) is 18.2 Å². The molecule has 1 aliphatic heterocycles. The quantitative estimate of drug-likeness (QED) is 0.471. The highest BCUT2D eigenvalue weighted by Gasteiger charge is 2.34. The molecular weight excluding hydrogens is 481 g/mol. The molecule has 0 bridgehead atoms. The summed E-state index contributed by atoms with van der Waals surface area (Å²) in [6, 6.07) is 12.4. The van der Waals surface area contributed by atoms with Gasteiger partial charge < -0.3 is 14.8 Å². The van der Waals surface area contributed by atoms with E-state index in [9.17, 15) is 9.59 Å². The van der Waals surface area contributed by atoms with Gasteiger partial charge in [0.25, 0.3) is 5.91 Å². The number of carbonyl (C=O) groups excluding carboxylic acids is 2. The number of hydrogen-bond acceptors (Lipinski definition) is 5. The second kappa shape index (κ2) is 10.2. The maximum absolute atomic E-state index is 13.1. The summed E-state index contributed by atoms with van der Waals surface area (Å²) in [5.41, 5.74) is 2.23. The van der Waals surface area contributed by atoms with Gasteiger partial charge in [-0.1, -0.05) is 52.7 Å². The molecule has 7 nitrogen and oxygen atoms in total. The van der Waals surface area contributed by atoms with Gasteiger partial charge in [-0.2, -0.15) is 0 Å². The van der Waals surface area contributed by atoms with E-state index < -0.39 is 0 Å². The van der Waals surface area contributed by atoms with Gasteiger partial charge in [-0.05, 0) is 50.1 Å². The number of nitrogens with one attached hydrogen (secondary N) is 1. The molecule has 1 N–H and O–H groups in total. The van der Waals surface area contributed by atoms with Crippen LogP contribution in [0.15, 0.2) is 47.6 Å². The van der Waals surface area contributed by atoms with Crippen molar-refractivity contribution in [2.45, 2.75) is 31.0 Å². The molecular formula is C23H23Cl2N5O2S. The fourth-order valence-corrected chi connectivity index (χ4v) is 5.05. The second-order valence-corrected chi connectivity index (χ2v) is 9.67. The van der Waals surface area contributed by atoms with Crippen LogP contribution in [0.5, 0.6) is 0 Å². The molecule has 10 heteroatoms. The number of nitrogens with zero attached hydrogens (tertiary/aromatic N) is 4. The van der Waals surface area contributed by atoms with Crippen LogP contribution in [-0.2, 0) is 11.8 Å². The number of aromatic nitrogens is 3. The van der Waals surface area contributed by atoms with Crippen molar-refractivity contribution in [2.75, 3.05) is 17.6 Å². The van der Waals surface area contributed by atoms with Gasteiger partial charge in [-0.25, -0.2) is 0 Å². The maximum atomic E-state index is 13.1. The van der Waals surface area contributed by atoms with E-state index in [0.717, 1.165) is 24.2 Å². The lowest BCUT2D eigenvalue weighted by molar-refractivity contribution is -0.113. The minimum Gasteiger partial charge on any atom is -0.328 e. The maximum Gasteiger partial charge on any atom is 0.254 e. The third-order valence-corrected chi connectivity index (χ3v) is 7.05. The average molecular weight is 504 g/mol. The predicted molar refractivity (Wildman–Crippen MR) is 131 cm³/mol. The van der Waals surface area contributed by atoms with E-state index in [2.05, 4.69) is 15.5 Å². The zero-order chi connectivity index (χ0) is 23.5. The smallest absolute Gasteiger partial charge is 0.254 e. The number of likely N-dealkylation sites (tertiary alicyclic amines) is 1. The van der Waals surface area contributed by atoms with Crippen LogP contribution in [0.3, 0.4) is 0 Å². The van der Waals surface area contributed by atoms with Gasteiger partial charge in [0.2, 0.25) is 5.91 Å². The number of benzene rings is 2. The Hall–Kier alpha value is -2.55. The van der Waals surface area contributed by atoms with Crippen molar-refractivity contribution in [1.82, 2.24) is 19.7 Å². The first-order chi connectivity index (χ1) is 15.8.